The zero-order valence-corrected chi connectivity index (χ0v) is 12.2. The van der Waals surface area contributed by atoms with Gasteiger partial charge in [0.2, 0.25) is 5.91 Å². The third kappa shape index (κ3) is 5.22. The largest absolute Gasteiger partial charge is 0.573 e. The monoisotopic (exact) mass is 317 g/mol. The molecule has 0 aromatic heterocycles. The van der Waals surface area contributed by atoms with Gasteiger partial charge in [0.25, 0.3) is 0 Å². The zero-order chi connectivity index (χ0) is 16.2. The molecule has 2 atom stereocenters. The maximum absolute atomic E-state index is 12.1. The Hall–Kier alpha value is -1.76. The first-order valence-electron chi connectivity index (χ1n) is 7.10. The van der Waals surface area contributed by atoms with Gasteiger partial charge in [-0.15, -0.1) is 13.2 Å². The molecular weight excluding hydrogens is 299 g/mol. The lowest BCUT2D eigenvalue weighted by atomic mass is 10.1. The highest BCUT2D eigenvalue weighted by molar-refractivity contribution is 5.77. The quantitative estimate of drug-likeness (QED) is 0.906. The highest BCUT2D eigenvalue weighted by Gasteiger charge is 2.31. The molecule has 1 aliphatic rings. The minimum Gasteiger partial charge on any atom is -0.406 e. The second-order valence-electron chi connectivity index (χ2n) is 5.25. The molecule has 1 heterocycles. The zero-order valence-electron chi connectivity index (χ0n) is 12.2. The van der Waals surface area contributed by atoms with Crippen LogP contribution in [0.5, 0.6) is 5.75 Å². The summed E-state index contributed by atoms with van der Waals surface area (Å²) in [6.07, 6.45) is -2.59. The number of halogens is 3. The Morgan fingerprint density at radius 3 is 2.64 bits per heavy atom. The molecule has 1 saturated heterocycles. The molecule has 0 bridgehead atoms. The van der Waals surface area contributed by atoms with Crippen LogP contribution in [0, 0.1) is 0 Å². The number of carbonyl (C=O) groups is 1. The van der Waals surface area contributed by atoms with E-state index in [0.717, 1.165) is 12.8 Å². The summed E-state index contributed by atoms with van der Waals surface area (Å²) in [5.41, 5.74) is 0.704. The van der Waals surface area contributed by atoms with E-state index in [-0.39, 0.29) is 23.8 Å². The molecule has 1 N–H and O–H groups in total. The van der Waals surface area contributed by atoms with E-state index in [9.17, 15) is 18.0 Å². The Balaban J connectivity index is 1.86. The molecule has 0 radical (unpaired) electrons. The van der Waals surface area contributed by atoms with Crippen LogP contribution in [0.4, 0.5) is 13.2 Å². The van der Waals surface area contributed by atoms with Crippen LogP contribution in [-0.2, 0) is 9.53 Å². The van der Waals surface area contributed by atoms with E-state index in [2.05, 4.69) is 10.1 Å². The smallest absolute Gasteiger partial charge is 0.406 e. The number of amides is 1. The summed E-state index contributed by atoms with van der Waals surface area (Å²) in [5, 5.41) is 2.81. The SMILES string of the molecule is C[C@H](NC(=O)C[C@@H]1CCCO1)c1ccc(OC(F)(F)F)cc1. The van der Waals surface area contributed by atoms with Crippen LogP contribution >= 0.6 is 0 Å². The molecule has 122 valence electrons. The molecule has 2 rings (SSSR count). The van der Waals surface area contributed by atoms with E-state index in [1.807, 2.05) is 0 Å². The molecule has 22 heavy (non-hydrogen) atoms. The van der Waals surface area contributed by atoms with Crippen molar-refractivity contribution in [3.63, 3.8) is 0 Å². The van der Waals surface area contributed by atoms with Gasteiger partial charge in [0.1, 0.15) is 5.75 Å². The fourth-order valence-corrected chi connectivity index (χ4v) is 2.35. The number of rotatable bonds is 5. The topological polar surface area (TPSA) is 47.6 Å². The number of nitrogens with one attached hydrogen (secondary N) is 1. The average Bonchev–Trinajstić information content (AvgIpc) is 2.90. The molecule has 1 aromatic rings. The highest BCUT2D eigenvalue weighted by Crippen LogP contribution is 2.24. The van der Waals surface area contributed by atoms with Crippen molar-refractivity contribution < 1.29 is 27.4 Å². The van der Waals surface area contributed by atoms with Gasteiger partial charge in [0.05, 0.1) is 18.6 Å². The predicted molar refractivity (Wildman–Crippen MR) is 73.3 cm³/mol. The van der Waals surface area contributed by atoms with Gasteiger partial charge >= 0.3 is 6.36 Å². The van der Waals surface area contributed by atoms with E-state index >= 15 is 0 Å². The third-order valence-electron chi connectivity index (χ3n) is 3.43. The standard InChI is InChI=1S/C15H18F3NO3/c1-10(19-14(20)9-13-3-2-8-21-13)11-4-6-12(7-5-11)22-15(16,17)18/h4-7,10,13H,2-3,8-9H2,1H3,(H,19,20)/t10-,13-/m0/s1. The summed E-state index contributed by atoms with van der Waals surface area (Å²) >= 11 is 0. The first-order valence-corrected chi connectivity index (χ1v) is 7.10. The molecule has 0 unspecified atom stereocenters. The van der Waals surface area contributed by atoms with Crippen LogP contribution in [0.3, 0.4) is 0 Å². The van der Waals surface area contributed by atoms with E-state index in [1.165, 1.54) is 24.3 Å². The van der Waals surface area contributed by atoms with Gasteiger partial charge in [0.15, 0.2) is 0 Å². The number of hydrogen-bond acceptors (Lipinski definition) is 3. The van der Waals surface area contributed by atoms with Crippen LogP contribution in [0.25, 0.3) is 0 Å². The maximum Gasteiger partial charge on any atom is 0.573 e. The summed E-state index contributed by atoms with van der Waals surface area (Å²) in [6, 6.07) is 5.15. The first kappa shape index (κ1) is 16.6. The van der Waals surface area contributed by atoms with Gasteiger partial charge in [-0.05, 0) is 37.5 Å². The van der Waals surface area contributed by atoms with Crippen molar-refractivity contribution in [1.29, 1.82) is 0 Å². The Morgan fingerprint density at radius 1 is 1.41 bits per heavy atom. The molecule has 1 amide bonds. The van der Waals surface area contributed by atoms with E-state index in [4.69, 9.17) is 4.74 Å². The number of ether oxygens (including phenoxy) is 2. The lowest BCUT2D eigenvalue weighted by Gasteiger charge is -2.17. The van der Waals surface area contributed by atoms with Gasteiger partial charge in [-0.1, -0.05) is 12.1 Å². The fourth-order valence-electron chi connectivity index (χ4n) is 2.35. The van der Waals surface area contributed by atoms with Crippen LogP contribution < -0.4 is 10.1 Å². The molecule has 7 heteroatoms. The summed E-state index contributed by atoms with van der Waals surface area (Å²) in [6.45, 7) is 2.46. The molecule has 1 aliphatic heterocycles. The summed E-state index contributed by atoms with van der Waals surface area (Å²) < 4.78 is 45.4. The van der Waals surface area contributed by atoms with Crippen molar-refractivity contribution in [2.45, 2.75) is 44.7 Å². The first-order chi connectivity index (χ1) is 10.3. The minimum atomic E-state index is -4.71. The second kappa shape index (κ2) is 7.00. The molecule has 0 aliphatic carbocycles. The second-order valence-corrected chi connectivity index (χ2v) is 5.25. The molecular formula is C15H18F3NO3. The van der Waals surface area contributed by atoms with Crippen molar-refractivity contribution in [2.24, 2.45) is 0 Å². The Morgan fingerprint density at radius 2 is 2.09 bits per heavy atom. The van der Waals surface area contributed by atoms with Crippen molar-refractivity contribution >= 4 is 5.91 Å². The lowest BCUT2D eigenvalue weighted by molar-refractivity contribution is -0.274. The normalized spacial score (nSPS) is 19.7. The van der Waals surface area contributed by atoms with Crippen LogP contribution in [-0.4, -0.2) is 25.0 Å². The van der Waals surface area contributed by atoms with Gasteiger partial charge in [0, 0.05) is 6.61 Å². The maximum atomic E-state index is 12.1. The number of alkyl halides is 3. The summed E-state index contributed by atoms with van der Waals surface area (Å²) in [5.74, 6) is -0.413. The van der Waals surface area contributed by atoms with E-state index in [1.54, 1.807) is 6.92 Å². The van der Waals surface area contributed by atoms with Gasteiger partial charge in [-0.3, -0.25) is 4.79 Å². The van der Waals surface area contributed by atoms with Crippen LogP contribution in [0.1, 0.15) is 37.8 Å². The average molecular weight is 317 g/mol. The Bertz CT molecular complexity index is 496. The van der Waals surface area contributed by atoms with Gasteiger partial charge in [-0.25, -0.2) is 0 Å². The Kier molecular flexibility index (Phi) is 5.28. The number of hydrogen-bond donors (Lipinski definition) is 1. The predicted octanol–water partition coefficient (Wildman–Crippen LogP) is 3.33. The van der Waals surface area contributed by atoms with Crippen molar-refractivity contribution in [3.05, 3.63) is 29.8 Å². The van der Waals surface area contributed by atoms with E-state index in [0.29, 0.717) is 18.6 Å². The Labute approximate surface area is 126 Å². The van der Waals surface area contributed by atoms with Gasteiger partial charge < -0.3 is 14.8 Å². The number of carbonyl (C=O) groups excluding carboxylic acids is 1. The van der Waals surface area contributed by atoms with Crippen molar-refractivity contribution in [3.8, 4) is 5.75 Å². The lowest BCUT2D eigenvalue weighted by Crippen LogP contribution is -2.29. The van der Waals surface area contributed by atoms with Crippen molar-refractivity contribution in [2.75, 3.05) is 6.61 Å². The molecule has 1 aromatic carbocycles. The van der Waals surface area contributed by atoms with E-state index < -0.39 is 6.36 Å². The highest BCUT2D eigenvalue weighted by atomic mass is 19.4. The molecule has 0 saturated carbocycles. The summed E-state index contributed by atoms with van der Waals surface area (Å²) in [7, 11) is 0. The molecule has 1 fully saturated rings. The van der Waals surface area contributed by atoms with Crippen LogP contribution in [0.2, 0.25) is 0 Å². The third-order valence-corrected chi connectivity index (χ3v) is 3.43. The minimum absolute atomic E-state index is 0.0326. The molecule has 4 nitrogen and oxygen atoms in total. The fraction of sp³-hybridized carbons (Fsp3) is 0.533. The van der Waals surface area contributed by atoms with Gasteiger partial charge in [-0.2, -0.15) is 0 Å². The van der Waals surface area contributed by atoms with Crippen molar-refractivity contribution in [1.82, 2.24) is 5.32 Å². The number of benzene rings is 1. The van der Waals surface area contributed by atoms with Crippen LogP contribution in [0.15, 0.2) is 24.3 Å². The summed E-state index contributed by atoms with van der Waals surface area (Å²) in [4.78, 5) is 11.9. The molecule has 0 spiro atoms.